The highest BCUT2D eigenvalue weighted by atomic mass is 32.1. The normalized spacial score (nSPS) is 12.8. The van der Waals surface area contributed by atoms with E-state index in [4.69, 9.17) is 15.3 Å². The van der Waals surface area contributed by atoms with Crippen molar-refractivity contribution < 1.29 is 9.84 Å². The van der Waals surface area contributed by atoms with E-state index in [1.165, 1.54) is 11.3 Å². The lowest BCUT2D eigenvalue weighted by Crippen LogP contribution is -2.14. The largest absolute Gasteiger partial charge is 0.482 e. The van der Waals surface area contributed by atoms with E-state index in [0.29, 0.717) is 24.4 Å². The second-order valence-corrected chi connectivity index (χ2v) is 6.81. The van der Waals surface area contributed by atoms with Crippen LogP contribution in [0.2, 0.25) is 0 Å². The standard InChI is InChI=1S/C14H10N4OS2.C2H6O/c15-9-3-5-19-14-11(9)18-13(21-14)10-7-17-12(20-10)8-2-1-4-16-6-8;1-2-3/h1-2,4,6-7,15H,3,5H2;3H,2H2,1H3. The third kappa shape index (κ3) is 3.50. The zero-order chi connectivity index (χ0) is 16.9. The van der Waals surface area contributed by atoms with Gasteiger partial charge in [0.15, 0.2) is 0 Å². The number of fused-ring (bicyclic) bond motifs is 1. The van der Waals surface area contributed by atoms with Crippen LogP contribution in [-0.4, -0.2) is 39.0 Å². The van der Waals surface area contributed by atoms with Crippen molar-refractivity contribution in [2.45, 2.75) is 13.3 Å². The Morgan fingerprint density at radius 2 is 2.12 bits per heavy atom. The number of aromatic nitrogens is 3. The lowest BCUT2D eigenvalue weighted by Gasteiger charge is -2.11. The zero-order valence-electron chi connectivity index (χ0n) is 13.0. The molecule has 2 N–H and O–H groups in total. The number of ether oxygens (including phenoxy) is 1. The molecule has 0 atom stereocenters. The van der Waals surface area contributed by atoms with Crippen molar-refractivity contribution in [3.8, 4) is 25.5 Å². The highest BCUT2D eigenvalue weighted by Gasteiger charge is 2.22. The van der Waals surface area contributed by atoms with E-state index in [1.807, 2.05) is 18.3 Å². The van der Waals surface area contributed by atoms with Gasteiger partial charge in [-0.15, -0.1) is 11.3 Å². The first-order valence-electron chi connectivity index (χ1n) is 7.41. The zero-order valence-corrected chi connectivity index (χ0v) is 14.7. The van der Waals surface area contributed by atoms with Gasteiger partial charge in [-0.25, -0.2) is 9.97 Å². The molecule has 0 radical (unpaired) electrons. The summed E-state index contributed by atoms with van der Waals surface area (Å²) in [4.78, 5) is 14.1. The predicted octanol–water partition coefficient (Wildman–Crippen LogP) is 3.48. The molecular weight excluding hydrogens is 344 g/mol. The first-order chi connectivity index (χ1) is 11.7. The lowest BCUT2D eigenvalue weighted by molar-refractivity contribution is 0.318. The van der Waals surface area contributed by atoms with E-state index in [-0.39, 0.29) is 6.61 Å². The maximum atomic E-state index is 7.93. The van der Waals surface area contributed by atoms with Crippen molar-refractivity contribution in [3.05, 3.63) is 36.4 Å². The molecule has 0 saturated heterocycles. The van der Waals surface area contributed by atoms with Gasteiger partial charge in [0, 0.05) is 37.2 Å². The summed E-state index contributed by atoms with van der Waals surface area (Å²) in [6.07, 6.45) is 5.99. The van der Waals surface area contributed by atoms with Gasteiger partial charge in [-0.05, 0) is 19.1 Å². The van der Waals surface area contributed by atoms with Crippen LogP contribution in [-0.2, 0) is 0 Å². The van der Waals surface area contributed by atoms with Crippen molar-refractivity contribution >= 4 is 28.4 Å². The van der Waals surface area contributed by atoms with E-state index in [2.05, 4.69) is 15.0 Å². The van der Waals surface area contributed by atoms with Crippen molar-refractivity contribution in [1.29, 1.82) is 5.41 Å². The monoisotopic (exact) mass is 360 g/mol. The van der Waals surface area contributed by atoms with Gasteiger partial charge < -0.3 is 15.3 Å². The molecule has 6 nitrogen and oxygen atoms in total. The van der Waals surface area contributed by atoms with E-state index >= 15 is 0 Å². The summed E-state index contributed by atoms with van der Waals surface area (Å²) in [5.41, 5.74) is 2.23. The summed E-state index contributed by atoms with van der Waals surface area (Å²) in [5.74, 6) is 0. The topological polar surface area (TPSA) is 92.0 Å². The molecule has 0 spiro atoms. The summed E-state index contributed by atoms with van der Waals surface area (Å²) < 4.78 is 5.58. The Hall–Kier alpha value is -2.16. The number of pyridine rings is 1. The number of aliphatic hydroxyl groups is 1. The summed E-state index contributed by atoms with van der Waals surface area (Å²) in [6, 6.07) is 3.88. The molecule has 0 aromatic carbocycles. The molecule has 0 saturated carbocycles. The molecule has 4 heterocycles. The van der Waals surface area contributed by atoms with Crippen LogP contribution in [0.25, 0.3) is 20.5 Å². The first kappa shape index (κ1) is 16.7. The van der Waals surface area contributed by atoms with E-state index in [9.17, 15) is 0 Å². The van der Waals surface area contributed by atoms with Crippen LogP contribution < -0.4 is 4.74 Å². The van der Waals surface area contributed by atoms with Crippen molar-refractivity contribution in [2.75, 3.05) is 13.2 Å². The molecule has 24 heavy (non-hydrogen) atoms. The van der Waals surface area contributed by atoms with Crippen LogP contribution >= 0.6 is 22.7 Å². The summed E-state index contributed by atoms with van der Waals surface area (Å²) in [7, 11) is 0. The highest BCUT2D eigenvalue weighted by molar-refractivity contribution is 7.24. The molecular formula is C16H16N4O2S2. The maximum absolute atomic E-state index is 7.93. The van der Waals surface area contributed by atoms with E-state index in [0.717, 1.165) is 25.5 Å². The average Bonchev–Trinajstić information content (AvgIpc) is 3.24. The van der Waals surface area contributed by atoms with Crippen molar-refractivity contribution in [3.63, 3.8) is 0 Å². The Balaban J connectivity index is 0.000000526. The van der Waals surface area contributed by atoms with Crippen molar-refractivity contribution in [2.24, 2.45) is 0 Å². The Morgan fingerprint density at radius 3 is 2.83 bits per heavy atom. The van der Waals surface area contributed by atoms with Crippen LogP contribution in [0.5, 0.6) is 5.06 Å². The predicted molar refractivity (Wildman–Crippen MR) is 96.2 cm³/mol. The quantitative estimate of drug-likeness (QED) is 0.730. The number of thiazole rings is 2. The molecule has 3 aromatic heterocycles. The summed E-state index contributed by atoms with van der Waals surface area (Å²) in [5, 5.41) is 18.0. The minimum absolute atomic E-state index is 0.250. The Labute approximate surface area is 147 Å². The van der Waals surface area contributed by atoms with Crippen LogP contribution in [0, 0.1) is 5.41 Å². The lowest BCUT2D eigenvalue weighted by atomic mass is 10.2. The maximum Gasteiger partial charge on any atom is 0.204 e. The third-order valence-corrected chi connectivity index (χ3v) is 5.28. The SMILES string of the molecule is CCO.N=C1CCOc2sc(-c3cnc(-c4cccnc4)s3)nc21. The molecule has 0 amide bonds. The number of nitrogens with zero attached hydrogens (tertiary/aromatic N) is 3. The fourth-order valence-corrected chi connectivity index (χ4v) is 3.97. The molecule has 3 aromatic rings. The number of nitrogens with one attached hydrogen (secondary N) is 1. The van der Waals surface area contributed by atoms with Crippen LogP contribution in [0.1, 0.15) is 19.0 Å². The minimum Gasteiger partial charge on any atom is -0.482 e. The molecule has 1 aliphatic heterocycles. The van der Waals surface area contributed by atoms with Gasteiger partial charge in [-0.2, -0.15) is 0 Å². The molecule has 1 aliphatic rings. The second kappa shape index (κ2) is 7.61. The van der Waals surface area contributed by atoms with Crippen LogP contribution in [0.15, 0.2) is 30.7 Å². The first-order valence-corrected chi connectivity index (χ1v) is 9.05. The van der Waals surface area contributed by atoms with E-state index < -0.39 is 0 Å². The van der Waals surface area contributed by atoms with Crippen LogP contribution in [0.4, 0.5) is 0 Å². The van der Waals surface area contributed by atoms with E-state index in [1.54, 1.807) is 30.7 Å². The van der Waals surface area contributed by atoms with Gasteiger partial charge in [0.1, 0.15) is 15.7 Å². The van der Waals surface area contributed by atoms with Gasteiger partial charge in [0.05, 0.1) is 17.2 Å². The smallest absolute Gasteiger partial charge is 0.204 e. The number of hydrogen-bond acceptors (Lipinski definition) is 8. The highest BCUT2D eigenvalue weighted by Crippen LogP contribution is 2.40. The summed E-state index contributed by atoms with van der Waals surface area (Å²) >= 11 is 3.06. The number of hydrogen-bond donors (Lipinski definition) is 2. The van der Waals surface area contributed by atoms with Gasteiger partial charge in [-0.1, -0.05) is 11.3 Å². The summed E-state index contributed by atoms with van der Waals surface area (Å²) in [6.45, 7) is 2.50. The molecule has 0 unspecified atom stereocenters. The molecule has 0 aliphatic carbocycles. The van der Waals surface area contributed by atoms with Gasteiger partial charge in [0.25, 0.3) is 0 Å². The molecule has 0 bridgehead atoms. The molecule has 8 heteroatoms. The minimum atomic E-state index is 0.250. The number of aliphatic hydroxyl groups excluding tert-OH is 1. The Bertz CT molecular complexity index is 830. The van der Waals surface area contributed by atoms with Crippen LogP contribution in [0.3, 0.4) is 0 Å². The fraction of sp³-hybridized carbons (Fsp3) is 0.250. The molecule has 124 valence electrons. The average molecular weight is 360 g/mol. The van der Waals surface area contributed by atoms with Gasteiger partial charge in [0.2, 0.25) is 5.06 Å². The fourth-order valence-electron chi connectivity index (χ4n) is 2.06. The molecule has 0 fully saturated rings. The van der Waals surface area contributed by atoms with Gasteiger partial charge in [-0.3, -0.25) is 4.98 Å². The number of rotatable bonds is 2. The Morgan fingerprint density at radius 1 is 1.29 bits per heavy atom. The third-order valence-electron chi connectivity index (χ3n) is 3.09. The van der Waals surface area contributed by atoms with Crippen molar-refractivity contribution in [1.82, 2.24) is 15.0 Å². The molecule has 4 rings (SSSR count). The van der Waals surface area contributed by atoms with Gasteiger partial charge >= 0.3 is 0 Å². The second-order valence-electron chi connectivity index (χ2n) is 4.82. The Kier molecular flexibility index (Phi) is 5.29.